The highest BCUT2D eigenvalue weighted by Gasteiger charge is 2.29. The van der Waals surface area contributed by atoms with Crippen molar-refractivity contribution in [3.05, 3.63) is 504 Å². The summed E-state index contributed by atoms with van der Waals surface area (Å²) in [6, 6.07) is 176. The summed E-state index contributed by atoms with van der Waals surface area (Å²) in [6.45, 7) is 0. The second-order valence-corrected chi connectivity index (χ2v) is 37.5. The fraction of sp³-hybridized carbons (Fsp3) is 0. The monoisotopic (exact) mass is 1890 g/mol. The molecule has 0 saturated heterocycles. The van der Waals surface area contributed by atoms with Crippen molar-refractivity contribution < 1.29 is 4.42 Å². The number of aromatic nitrogens is 13. The summed E-state index contributed by atoms with van der Waals surface area (Å²) in [5.74, 6) is 4.65. The number of fused-ring (bicyclic) bond motifs is 27. The van der Waals surface area contributed by atoms with Crippen LogP contribution in [0.1, 0.15) is 0 Å². The van der Waals surface area contributed by atoms with Crippen molar-refractivity contribution >= 4 is 174 Å². The second kappa shape index (κ2) is 34.9. The van der Waals surface area contributed by atoms with Crippen LogP contribution in [0.4, 0.5) is 0 Å². The van der Waals surface area contributed by atoms with E-state index >= 15 is 0 Å². The molecule has 148 heavy (non-hydrogen) atoms. The van der Waals surface area contributed by atoms with Crippen LogP contribution in [0, 0.1) is 0 Å². The zero-order valence-electron chi connectivity index (χ0n) is 79.6. The third kappa shape index (κ3) is 14.0. The lowest BCUT2D eigenvalue weighted by molar-refractivity contribution is 0.671. The fourth-order valence-electron chi connectivity index (χ4n) is 22.5. The van der Waals surface area contributed by atoms with Crippen LogP contribution in [0.25, 0.3) is 282 Å². The first-order valence-electron chi connectivity index (χ1n) is 49.9. The predicted molar refractivity (Wildman–Crippen MR) is 609 cm³/mol. The highest BCUT2D eigenvalue weighted by atomic mass is 16.3. The molecular weight excluding hydrogens is 1810 g/mol. The third-order valence-corrected chi connectivity index (χ3v) is 29.0. The summed E-state index contributed by atoms with van der Waals surface area (Å²) >= 11 is 0. The highest BCUT2D eigenvalue weighted by molar-refractivity contribution is 6.35. The van der Waals surface area contributed by atoms with Gasteiger partial charge in [-0.25, -0.2) is 39.9 Å². The molecule has 0 amide bonds. The van der Waals surface area contributed by atoms with E-state index in [9.17, 15) is 0 Å². The van der Waals surface area contributed by atoms with Crippen LogP contribution in [0.5, 0.6) is 0 Å². The number of para-hydroxylation sites is 8. The lowest BCUT2D eigenvalue weighted by Gasteiger charge is -2.14. The van der Waals surface area contributed by atoms with Gasteiger partial charge in [0.1, 0.15) is 11.3 Å². The van der Waals surface area contributed by atoms with E-state index in [4.69, 9.17) is 44.3 Å². The van der Waals surface area contributed by atoms with Gasteiger partial charge in [0.05, 0.1) is 66.2 Å². The summed E-state index contributed by atoms with van der Waals surface area (Å²) in [6.07, 6.45) is 0. The van der Waals surface area contributed by atoms with Gasteiger partial charge in [0.25, 0.3) is 0 Å². The van der Waals surface area contributed by atoms with Gasteiger partial charge in [-0.15, -0.1) is 0 Å². The smallest absolute Gasteiger partial charge is 0.165 e. The lowest BCUT2D eigenvalue weighted by Crippen LogP contribution is -2.03. The van der Waals surface area contributed by atoms with Crippen LogP contribution in [0.3, 0.4) is 0 Å². The molecule has 9 heterocycles. The molecule has 690 valence electrons. The maximum atomic E-state index is 6.76. The maximum absolute atomic E-state index is 6.76. The number of benzene rings is 22. The van der Waals surface area contributed by atoms with Crippen LogP contribution in [0.2, 0.25) is 0 Å². The molecule has 14 nitrogen and oxygen atoms in total. The number of hydrogen-bond acceptors (Lipinski definition) is 9. The molecule has 22 aromatic carbocycles. The van der Waals surface area contributed by atoms with Crippen molar-refractivity contribution in [2.45, 2.75) is 0 Å². The first-order valence-corrected chi connectivity index (χ1v) is 49.9. The second-order valence-electron chi connectivity index (χ2n) is 37.5. The molecule has 0 radical (unpaired) electrons. The number of nitrogens with zero attached hydrogens (tertiary/aromatic N) is 13. The average molecular weight is 1890 g/mol. The van der Waals surface area contributed by atoms with Crippen LogP contribution in [-0.4, -0.2) is 62.7 Å². The van der Waals surface area contributed by atoms with Crippen molar-refractivity contribution in [3.8, 4) is 108 Å². The van der Waals surface area contributed by atoms with E-state index in [1.165, 1.54) is 103 Å². The van der Waals surface area contributed by atoms with Gasteiger partial charge in [0.2, 0.25) is 0 Å². The van der Waals surface area contributed by atoms with Gasteiger partial charge in [0.15, 0.2) is 46.3 Å². The lowest BCUT2D eigenvalue weighted by atomic mass is 9.99. The topological polar surface area (TPSA) is 141 Å². The Bertz CT molecular complexity index is 10600. The quantitative estimate of drug-likeness (QED) is 0.117. The normalized spacial score (nSPS) is 11.8. The fourth-order valence-corrected chi connectivity index (χ4v) is 22.5. The predicted octanol–water partition coefficient (Wildman–Crippen LogP) is 33.9. The van der Waals surface area contributed by atoms with Crippen LogP contribution >= 0.6 is 0 Å². The van der Waals surface area contributed by atoms with Crippen molar-refractivity contribution in [2.75, 3.05) is 0 Å². The van der Waals surface area contributed by atoms with Gasteiger partial charge in [-0.05, 0) is 166 Å². The number of rotatable bonds is 12. The minimum Gasteiger partial charge on any atom is -0.454 e. The van der Waals surface area contributed by atoms with Crippen LogP contribution in [0.15, 0.2) is 508 Å². The van der Waals surface area contributed by atoms with E-state index in [1.807, 2.05) is 158 Å². The first kappa shape index (κ1) is 84.6. The molecular formula is C134H83N13O. The van der Waals surface area contributed by atoms with Gasteiger partial charge in [-0.2, -0.15) is 0 Å². The Morgan fingerprint density at radius 2 is 0.500 bits per heavy atom. The Morgan fingerprint density at radius 3 is 0.993 bits per heavy atom. The van der Waals surface area contributed by atoms with E-state index in [1.54, 1.807) is 0 Å². The van der Waals surface area contributed by atoms with Gasteiger partial charge >= 0.3 is 0 Å². The molecule has 9 aromatic heterocycles. The molecule has 0 aliphatic heterocycles. The molecule has 0 unspecified atom stereocenters. The van der Waals surface area contributed by atoms with Gasteiger partial charge in [-0.3, -0.25) is 4.57 Å². The summed E-state index contributed by atoms with van der Waals surface area (Å²) in [4.78, 5) is 40.3. The number of furan rings is 1. The molecule has 0 saturated carbocycles. The molecule has 0 aliphatic rings. The third-order valence-electron chi connectivity index (χ3n) is 29.0. The molecule has 31 aromatic rings. The van der Waals surface area contributed by atoms with Gasteiger partial charge < -0.3 is 22.7 Å². The Morgan fingerprint density at radius 1 is 0.162 bits per heavy atom. The Labute approximate surface area is 847 Å². The minimum absolute atomic E-state index is 0.615. The average Bonchev–Trinajstić information content (AvgIpc) is 1.54. The van der Waals surface area contributed by atoms with Crippen LogP contribution < -0.4 is 0 Å². The minimum atomic E-state index is 0.615. The highest BCUT2D eigenvalue weighted by Crippen LogP contribution is 2.50. The summed E-state index contributed by atoms with van der Waals surface area (Å²) in [5, 5.41) is 21.8. The molecule has 31 rings (SSSR count). The van der Waals surface area contributed by atoms with E-state index < -0.39 is 0 Å². The Hall–Kier alpha value is -20.2. The molecule has 0 N–H and O–H groups in total. The molecule has 0 bridgehead atoms. The van der Waals surface area contributed by atoms with Crippen molar-refractivity contribution in [1.82, 2.24) is 62.7 Å². The number of hydrogen-bond donors (Lipinski definition) is 0. The van der Waals surface area contributed by atoms with E-state index in [0.29, 0.717) is 34.9 Å². The first-order chi connectivity index (χ1) is 73.4. The largest absolute Gasteiger partial charge is 0.454 e. The molecule has 0 aliphatic carbocycles. The van der Waals surface area contributed by atoms with Crippen molar-refractivity contribution in [2.24, 2.45) is 0 Å². The van der Waals surface area contributed by atoms with Crippen molar-refractivity contribution in [1.29, 1.82) is 0 Å². The van der Waals surface area contributed by atoms with Crippen LogP contribution in [-0.2, 0) is 0 Å². The van der Waals surface area contributed by atoms with Gasteiger partial charge in [-0.1, -0.05) is 370 Å². The van der Waals surface area contributed by atoms with Crippen molar-refractivity contribution in [3.63, 3.8) is 0 Å². The van der Waals surface area contributed by atoms with E-state index in [-0.39, 0.29) is 0 Å². The zero-order chi connectivity index (χ0) is 97.4. The molecule has 0 atom stereocenters. The standard InChI is InChI=1S/C49H31N5.C43H26N4O.C42H26N4/c1-4-15-33(16-5-1)47-50-48(34-17-6-2-7-18-34)52-49(51-47)35-24-27-37(28-25-35)53-42-23-13-12-22-39(42)40-30-41-45(31-44(40)53)54(36-19-8-3-9-20-36)43-29-26-32-14-10-11-21-38(32)46(41)43;1-3-14-27(15-4-1)41-44-42(28-16-5-2-6-17-28)46-43(45-41)29-18-13-19-30(26-29)47-35-24-11-9-22-33(35)37-31-20-7-8-21-32(31)38-34-23-10-12-25-36(34)48-40(38)39(37)47;1-3-14-28(15-4-1)41-42(44-35-21-11-10-20-34(35)43-41)46-36-22-12-9-19-31(36)32-25-33-39(26-38(32)46)45(29-16-5-2-6-17-29)37-24-23-27-13-7-8-18-30(27)40(33)37/h1-31H;1-26H;1-26H. The Kier molecular flexibility index (Phi) is 19.9. The van der Waals surface area contributed by atoms with E-state index in [2.05, 4.69) is 369 Å². The molecule has 14 heteroatoms. The maximum Gasteiger partial charge on any atom is 0.165 e. The summed E-state index contributed by atoms with van der Waals surface area (Å²) in [5.41, 5.74) is 26.7. The SMILES string of the molecule is c1ccc(-c2nc(-c3ccccc3)nc(-c3ccc(-n4c5ccccc5c5cc6c7c8ccccc8ccc7n(-c7ccccc7)c6cc54)cc3)n2)cc1.c1ccc(-c2nc(-c3ccccc3)nc(-c3cccc(-n4c5ccccc5c5c6ccccc6c6c7ccccc7oc6c54)c3)n2)cc1.c1ccc(-c2nc3ccccc3nc2-n2c3ccccc3c3cc4c5c6ccccc6ccc5n(-c5ccccc5)c4cc32)cc1. The summed E-state index contributed by atoms with van der Waals surface area (Å²) in [7, 11) is 0. The molecule has 0 fully saturated rings. The Balaban J connectivity index is 0.000000105. The molecule has 0 spiro atoms. The van der Waals surface area contributed by atoms with E-state index in [0.717, 1.165) is 145 Å². The van der Waals surface area contributed by atoms with Gasteiger partial charge in [0, 0.05) is 126 Å². The zero-order valence-corrected chi connectivity index (χ0v) is 79.6. The summed E-state index contributed by atoms with van der Waals surface area (Å²) < 4.78 is 18.6.